The fraction of sp³-hybridized carbons (Fsp3) is 0.206. The SMILES string of the molecule is CCOC(=O)C1=C(C)N=c2s/c(=C/c3cn(Cc4ccc(Cl)cc4Cl)c4ccccc34)c(=O)n2C1c1ccc(N(C)C)cc1. The number of anilines is 1. The molecule has 0 fully saturated rings. The molecule has 5 aromatic rings. The van der Waals surface area contributed by atoms with Crippen LogP contribution in [0.1, 0.15) is 36.6 Å². The molecule has 2 aromatic heterocycles. The third kappa shape index (κ3) is 5.49. The molecule has 0 saturated carbocycles. The molecule has 10 heteroatoms. The van der Waals surface area contributed by atoms with E-state index in [-0.39, 0.29) is 12.2 Å². The molecule has 44 heavy (non-hydrogen) atoms. The predicted octanol–water partition coefficient (Wildman–Crippen LogP) is 6.17. The molecule has 7 nitrogen and oxygen atoms in total. The molecule has 0 amide bonds. The van der Waals surface area contributed by atoms with Gasteiger partial charge in [-0.1, -0.05) is 70.9 Å². The highest BCUT2D eigenvalue weighted by Crippen LogP contribution is 2.32. The Bertz CT molecular complexity index is 2120. The van der Waals surface area contributed by atoms with Crippen molar-refractivity contribution in [2.75, 3.05) is 25.6 Å². The summed E-state index contributed by atoms with van der Waals surface area (Å²) in [5, 5.41) is 2.18. The molecule has 0 saturated heterocycles. The van der Waals surface area contributed by atoms with E-state index in [9.17, 15) is 9.59 Å². The monoisotopic (exact) mass is 644 g/mol. The largest absolute Gasteiger partial charge is 0.463 e. The summed E-state index contributed by atoms with van der Waals surface area (Å²) in [5.41, 5.74) is 5.33. The first-order valence-electron chi connectivity index (χ1n) is 14.1. The van der Waals surface area contributed by atoms with Crippen LogP contribution in [-0.4, -0.2) is 35.8 Å². The third-order valence-corrected chi connectivity index (χ3v) is 9.27. The Labute approximate surface area is 268 Å². The molecule has 224 valence electrons. The van der Waals surface area contributed by atoms with Crippen LogP contribution < -0.4 is 19.8 Å². The summed E-state index contributed by atoms with van der Waals surface area (Å²) in [4.78, 5) is 34.7. The Hall–Kier alpha value is -4.11. The van der Waals surface area contributed by atoms with Crippen molar-refractivity contribution in [3.63, 3.8) is 0 Å². The van der Waals surface area contributed by atoms with Crippen LogP contribution in [0.25, 0.3) is 17.0 Å². The Kier molecular flexibility index (Phi) is 8.24. The zero-order valence-corrected chi connectivity index (χ0v) is 27.0. The van der Waals surface area contributed by atoms with Gasteiger partial charge in [0.2, 0.25) is 0 Å². The predicted molar refractivity (Wildman–Crippen MR) is 179 cm³/mol. The van der Waals surface area contributed by atoms with Gasteiger partial charge in [-0.2, -0.15) is 0 Å². The van der Waals surface area contributed by atoms with Gasteiger partial charge in [0.1, 0.15) is 0 Å². The van der Waals surface area contributed by atoms with Crippen LogP contribution in [0, 0.1) is 0 Å². The minimum atomic E-state index is -0.669. The number of halogens is 2. The van der Waals surface area contributed by atoms with E-state index in [4.69, 9.17) is 32.9 Å². The van der Waals surface area contributed by atoms with Gasteiger partial charge in [0, 0.05) is 59.0 Å². The maximum atomic E-state index is 14.2. The number of hydrogen-bond donors (Lipinski definition) is 0. The number of carbonyl (C=O) groups is 1. The van der Waals surface area contributed by atoms with Crippen molar-refractivity contribution >= 4 is 63.2 Å². The first-order valence-corrected chi connectivity index (χ1v) is 15.7. The number of ether oxygens (including phenoxy) is 1. The van der Waals surface area contributed by atoms with Gasteiger partial charge in [0.15, 0.2) is 4.80 Å². The van der Waals surface area contributed by atoms with E-state index in [0.29, 0.717) is 37.2 Å². The number of hydrogen-bond acceptors (Lipinski definition) is 6. The second-order valence-corrected chi connectivity index (χ2v) is 12.6. The summed E-state index contributed by atoms with van der Waals surface area (Å²) in [6.45, 7) is 4.32. The Morgan fingerprint density at radius 1 is 1.09 bits per heavy atom. The molecule has 1 aliphatic heterocycles. The number of benzene rings is 3. The van der Waals surface area contributed by atoms with Gasteiger partial charge in [-0.3, -0.25) is 9.36 Å². The van der Waals surface area contributed by atoms with Crippen LogP contribution in [0.15, 0.2) is 94.0 Å². The number of allylic oxidation sites excluding steroid dienone is 1. The second kappa shape index (κ2) is 12.1. The summed E-state index contributed by atoms with van der Waals surface area (Å²) in [6.07, 6.45) is 3.93. The van der Waals surface area contributed by atoms with Gasteiger partial charge in [0.05, 0.1) is 28.5 Å². The lowest BCUT2D eigenvalue weighted by Gasteiger charge is -2.25. The third-order valence-electron chi connectivity index (χ3n) is 7.70. The fourth-order valence-electron chi connectivity index (χ4n) is 5.56. The number of fused-ring (bicyclic) bond motifs is 2. The molecule has 6 rings (SSSR count). The summed E-state index contributed by atoms with van der Waals surface area (Å²) in [7, 11) is 3.93. The molecule has 1 atom stereocenters. The number of nitrogens with zero attached hydrogens (tertiary/aromatic N) is 4. The molecular weight excluding hydrogens is 615 g/mol. The minimum Gasteiger partial charge on any atom is -0.463 e. The summed E-state index contributed by atoms with van der Waals surface area (Å²) >= 11 is 13.9. The van der Waals surface area contributed by atoms with Crippen LogP contribution in [0.4, 0.5) is 5.69 Å². The van der Waals surface area contributed by atoms with Crippen molar-refractivity contribution in [2.45, 2.75) is 26.4 Å². The van der Waals surface area contributed by atoms with Crippen molar-refractivity contribution in [1.82, 2.24) is 9.13 Å². The van der Waals surface area contributed by atoms with Gasteiger partial charge < -0.3 is 14.2 Å². The van der Waals surface area contributed by atoms with E-state index < -0.39 is 12.0 Å². The quantitative estimate of drug-likeness (QED) is 0.199. The van der Waals surface area contributed by atoms with Crippen LogP contribution >= 0.6 is 34.5 Å². The van der Waals surface area contributed by atoms with Crippen LogP contribution in [0.3, 0.4) is 0 Å². The number of thiazole rings is 1. The standard InChI is InChI=1S/C34H30Cl2N4O3S/c1-5-43-33(42)30-20(2)37-34-40(31(30)21-11-14-25(15-12-21)38(3)4)32(41)29(44-34)16-23-19-39(28-9-7-6-8-26(23)28)18-22-10-13-24(35)17-27(22)36/h6-17,19,31H,5,18H2,1-4H3/b29-16+. The summed E-state index contributed by atoms with van der Waals surface area (Å²) in [5.74, 6) is -0.478. The van der Waals surface area contributed by atoms with Crippen molar-refractivity contribution in [3.05, 3.63) is 131 Å². The van der Waals surface area contributed by atoms with E-state index in [0.717, 1.165) is 33.3 Å². The van der Waals surface area contributed by atoms with E-state index in [2.05, 4.69) is 4.57 Å². The molecule has 0 aliphatic carbocycles. The average Bonchev–Trinajstić information content (AvgIpc) is 3.50. The highest BCUT2D eigenvalue weighted by Gasteiger charge is 2.33. The van der Waals surface area contributed by atoms with Crippen molar-refractivity contribution in [3.8, 4) is 0 Å². The highest BCUT2D eigenvalue weighted by molar-refractivity contribution is 7.07. The van der Waals surface area contributed by atoms with E-state index in [1.54, 1.807) is 24.5 Å². The van der Waals surface area contributed by atoms with Crippen LogP contribution in [0.2, 0.25) is 10.0 Å². The van der Waals surface area contributed by atoms with Crippen molar-refractivity contribution < 1.29 is 9.53 Å². The Morgan fingerprint density at radius 3 is 2.55 bits per heavy atom. The van der Waals surface area contributed by atoms with Crippen LogP contribution in [-0.2, 0) is 16.1 Å². The first-order chi connectivity index (χ1) is 21.2. The van der Waals surface area contributed by atoms with E-state index in [1.807, 2.05) is 91.9 Å². The lowest BCUT2D eigenvalue weighted by Crippen LogP contribution is -2.39. The lowest BCUT2D eigenvalue weighted by molar-refractivity contribution is -0.139. The van der Waals surface area contributed by atoms with E-state index in [1.165, 1.54) is 11.3 Å². The van der Waals surface area contributed by atoms with Crippen molar-refractivity contribution in [2.24, 2.45) is 4.99 Å². The molecule has 0 radical (unpaired) electrons. The lowest BCUT2D eigenvalue weighted by atomic mass is 9.95. The number of esters is 1. The van der Waals surface area contributed by atoms with Crippen LogP contribution in [0.5, 0.6) is 0 Å². The van der Waals surface area contributed by atoms with Gasteiger partial charge in [-0.15, -0.1) is 0 Å². The molecule has 3 heterocycles. The van der Waals surface area contributed by atoms with Gasteiger partial charge in [0.25, 0.3) is 5.56 Å². The summed E-state index contributed by atoms with van der Waals surface area (Å²) < 4.78 is 9.69. The number of aromatic nitrogens is 2. The zero-order valence-electron chi connectivity index (χ0n) is 24.7. The maximum absolute atomic E-state index is 14.2. The topological polar surface area (TPSA) is 68.8 Å². The molecule has 0 spiro atoms. The Balaban J connectivity index is 1.50. The fourth-order valence-corrected chi connectivity index (χ4v) is 7.06. The normalized spacial score (nSPS) is 15.0. The average molecular weight is 646 g/mol. The molecule has 3 aromatic carbocycles. The highest BCUT2D eigenvalue weighted by atomic mass is 35.5. The molecule has 0 N–H and O–H groups in total. The smallest absolute Gasteiger partial charge is 0.338 e. The molecule has 1 unspecified atom stereocenters. The van der Waals surface area contributed by atoms with Gasteiger partial charge >= 0.3 is 5.97 Å². The Morgan fingerprint density at radius 2 is 1.84 bits per heavy atom. The molecular formula is C34H30Cl2N4O3S. The second-order valence-electron chi connectivity index (χ2n) is 10.8. The number of para-hydroxylation sites is 1. The first kappa shape index (κ1) is 29.9. The zero-order chi connectivity index (χ0) is 31.1. The minimum absolute atomic E-state index is 0.220. The van der Waals surface area contributed by atoms with Crippen molar-refractivity contribution in [1.29, 1.82) is 0 Å². The molecule has 1 aliphatic rings. The molecule has 0 bridgehead atoms. The number of rotatable bonds is 7. The maximum Gasteiger partial charge on any atom is 0.338 e. The van der Waals surface area contributed by atoms with E-state index >= 15 is 0 Å². The van der Waals surface area contributed by atoms with Gasteiger partial charge in [-0.25, -0.2) is 9.79 Å². The van der Waals surface area contributed by atoms with Gasteiger partial charge in [-0.05, 0) is 61.4 Å². The number of carbonyl (C=O) groups excluding carboxylic acids is 1. The summed E-state index contributed by atoms with van der Waals surface area (Å²) in [6, 6.07) is 20.7.